The van der Waals surface area contributed by atoms with Crippen LogP contribution in [0.3, 0.4) is 0 Å². The Kier molecular flexibility index (Phi) is 5.23. The number of aromatic amines is 1. The molecule has 0 amide bonds. The number of benzene rings is 1. The van der Waals surface area contributed by atoms with E-state index in [1.165, 1.54) is 22.9 Å². The lowest BCUT2D eigenvalue weighted by atomic mass is 10.0. The maximum atomic E-state index is 10.8. The third-order valence-corrected chi connectivity index (χ3v) is 4.81. The van der Waals surface area contributed by atoms with Crippen molar-refractivity contribution >= 4 is 28.6 Å². The fraction of sp³-hybridized carbons (Fsp3) is 0.412. The van der Waals surface area contributed by atoms with Crippen molar-refractivity contribution in [1.82, 2.24) is 0 Å². The third kappa shape index (κ3) is 3.56. The molecule has 3 nitrogen and oxygen atoms in total. The van der Waals surface area contributed by atoms with Gasteiger partial charge in [-0.05, 0) is 25.8 Å². The van der Waals surface area contributed by atoms with Gasteiger partial charge in [-0.25, -0.2) is 4.98 Å². The molecule has 0 unspecified atom stereocenters. The van der Waals surface area contributed by atoms with Gasteiger partial charge in [-0.15, -0.1) is 11.8 Å². The highest BCUT2D eigenvalue weighted by atomic mass is 32.2. The first-order valence-electron chi connectivity index (χ1n) is 7.31. The standard InChI is InChI=1S/C17H21NO2S/c1-4-5-8-13-12(3)18-16-11(2)7-6-9-14(16)17(13)21-10-15(19)20/h6-7,9H,4-5,8,10H2,1-3H3,(H,19,20). The second-order valence-corrected chi connectivity index (χ2v) is 6.30. The van der Waals surface area contributed by atoms with Crippen LogP contribution in [0.4, 0.5) is 0 Å². The Bertz CT molecular complexity index is 667. The predicted molar refractivity (Wildman–Crippen MR) is 84.3 cm³/mol. The molecule has 0 atom stereocenters. The van der Waals surface area contributed by atoms with Gasteiger partial charge in [-0.3, -0.25) is 0 Å². The Labute approximate surface area is 129 Å². The largest absolute Gasteiger partial charge is 0.549 e. The summed E-state index contributed by atoms with van der Waals surface area (Å²) in [5.41, 5.74) is 4.64. The highest BCUT2D eigenvalue weighted by Crippen LogP contribution is 2.32. The molecular weight excluding hydrogens is 282 g/mol. The zero-order chi connectivity index (χ0) is 15.4. The fourth-order valence-corrected chi connectivity index (χ4v) is 3.59. The van der Waals surface area contributed by atoms with E-state index in [0.29, 0.717) is 0 Å². The van der Waals surface area contributed by atoms with Gasteiger partial charge in [-0.2, -0.15) is 0 Å². The Balaban J connectivity index is 2.60. The van der Waals surface area contributed by atoms with Crippen molar-refractivity contribution in [1.29, 1.82) is 0 Å². The summed E-state index contributed by atoms with van der Waals surface area (Å²) >= 11 is 1.38. The van der Waals surface area contributed by atoms with E-state index in [4.69, 9.17) is 0 Å². The number of nitrogens with one attached hydrogen (secondary N) is 1. The molecule has 4 heteroatoms. The number of pyridine rings is 1. The van der Waals surface area contributed by atoms with Crippen molar-refractivity contribution < 1.29 is 14.9 Å². The highest BCUT2D eigenvalue weighted by molar-refractivity contribution is 8.00. The van der Waals surface area contributed by atoms with Crippen LogP contribution in [0.25, 0.3) is 10.9 Å². The van der Waals surface area contributed by atoms with Crippen molar-refractivity contribution in [3.63, 3.8) is 0 Å². The molecule has 21 heavy (non-hydrogen) atoms. The molecule has 2 rings (SSSR count). The number of aryl methyl sites for hydroxylation is 2. The first-order chi connectivity index (χ1) is 10.0. The Morgan fingerprint density at radius 3 is 2.76 bits per heavy atom. The molecule has 1 heterocycles. The number of carbonyl (C=O) groups excluding carboxylic acids is 1. The van der Waals surface area contributed by atoms with E-state index >= 15 is 0 Å². The number of thioether (sulfide) groups is 1. The number of carboxylic acids is 1. The van der Waals surface area contributed by atoms with Gasteiger partial charge in [0.2, 0.25) is 5.52 Å². The summed E-state index contributed by atoms with van der Waals surface area (Å²) < 4.78 is 0. The number of rotatable bonds is 6. The number of carbonyl (C=O) groups is 1. The molecule has 0 aliphatic carbocycles. The maximum Gasteiger partial charge on any atom is 0.215 e. The number of hydrogen-bond donors (Lipinski definition) is 0. The first kappa shape index (κ1) is 15.8. The molecule has 1 aromatic carbocycles. The zero-order valence-electron chi connectivity index (χ0n) is 12.8. The van der Waals surface area contributed by atoms with E-state index in [1.54, 1.807) is 0 Å². The Morgan fingerprint density at radius 2 is 2.10 bits per heavy atom. The summed E-state index contributed by atoms with van der Waals surface area (Å²) in [6.07, 6.45) is 3.19. The molecule has 112 valence electrons. The Morgan fingerprint density at radius 1 is 1.33 bits per heavy atom. The minimum Gasteiger partial charge on any atom is -0.549 e. The monoisotopic (exact) mass is 303 g/mol. The highest BCUT2D eigenvalue weighted by Gasteiger charge is 2.18. The molecule has 2 aromatic rings. The van der Waals surface area contributed by atoms with Crippen LogP contribution >= 0.6 is 11.8 Å². The van der Waals surface area contributed by atoms with Gasteiger partial charge in [0.25, 0.3) is 0 Å². The molecule has 0 aliphatic heterocycles. The number of aliphatic carboxylic acids is 1. The molecule has 0 bridgehead atoms. The van der Waals surface area contributed by atoms with Gasteiger partial charge < -0.3 is 9.90 Å². The zero-order valence-corrected chi connectivity index (χ0v) is 13.6. The number of unbranched alkanes of at least 4 members (excludes halogenated alkanes) is 1. The molecular formula is C17H21NO2S. The summed E-state index contributed by atoms with van der Waals surface area (Å²) in [6.45, 7) is 6.30. The third-order valence-electron chi connectivity index (χ3n) is 3.67. The minimum atomic E-state index is -1.02. The first-order valence-corrected chi connectivity index (χ1v) is 8.29. The van der Waals surface area contributed by atoms with Crippen molar-refractivity contribution in [3.8, 4) is 0 Å². The second kappa shape index (κ2) is 6.94. The average molecular weight is 303 g/mol. The topological polar surface area (TPSA) is 54.3 Å². The van der Waals surface area contributed by atoms with E-state index in [1.807, 2.05) is 6.07 Å². The summed E-state index contributed by atoms with van der Waals surface area (Å²) in [6, 6.07) is 6.15. The van der Waals surface area contributed by atoms with Crippen LogP contribution in [-0.4, -0.2) is 11.7 Å². The van der Waals surface area contributed by atoms with E-state index < -0.39 is 5.97 Å². The summed E-state index contributed by atoms with van der Waals surface area (Å²) in [5.74, 6) is -1.03. The molecule has 0 saturated heterocycles. The van der Waals surface area contributed by atoms with E-state index in [2.05, 4.69) is 37.9 Å². The van der Waals surface area contributed by atoms with Crippen molar-refractivity contribution in [2.45, 2.75) is 44.9 Å². The van der Waals surface area contributed by atoms with Gasteiger partial charge >= 0.3 is 0 Å². The molecule has 1 N–H and O–H groups in total. The number of aromatic nitrogens is 1. The summed E-state index contributed by atoms with van der Waals surface area (Å²) in [7, 11) is 0. The van der Waals surface area contributed by atoms with Crippen LogP contribution in [0.15, 0.2) is 23.1 Å². The summed E-state index contributed by atoms with van der Waals surface area (Å²) in [4.78, 5) is 15.4. The van der Waals surface area contributed by atoms with Crippen molar-refractivity contribution in [2.75, 3.05) is 5.75 Å². The van der Waals surface area contributed by atoms with Crippen LogP contribution in [0.1, 0.15) is 36.6 Å². The summed E-state index contributed by atoms with van der Waals surface area (Å²) in [5, 5.41) is 12.0. The normalized spacial score (nSPS) is 11.0. The number of carboxylic acid groups (broad SMARTS) is 1. The van der Waals surface area contributed by atoms with Gasteiger partial charge in [0, 0.05) is 28.7 Å². The lowest BCUT2D eigenvalue weighted by Crippen LogP contribution is -2.24. The molecule has 0 fully saturated rings. The predicted octanol–water partition coefficient (Wildman–Crippen LogP) is 2.46. The number of fused-ring (bicyclic) bond motifs is 1. The molecule has 0 radical (unpaired) electrons. The quantitative estimate of drug-likeness (QED) is 0.770. The number of para-hydroxylation sites is 1. The molecule has 0 aliphatic rings. The van der Waals surface area contributed by atoms with Crippen LogP contribution in [0.2, 0.25) is 0 Å². The molecule has 0 saturated carbocycles. The van der Waals surface area contributed by atoms with Crippen LogP contribution < -0.4 is 10.1 Å². The van der Waals surface area contributed by atoms with Gasteiger partial charge in [-0.1, -0.05) is 25.5 Å². The number of hydrogen-bond acceptors (Lipinski definition) is 3. The van der Waals surface area contributed by atoms with E-state index in [9.17, 15) is 9.90 Å². The SMILES string of the molecule is CCCCc1c(C)[nH+]c2c(C)cccc2c1SCC(=O)[O-]. The second-order valence-electron chi connectivity index (χ2n) is 5.32. The van der Waals surface area contributed by atoms with Crippen molar-refractivity contribution in [3.05, 3.63) is 35.0 Å². The van der Waals surface area contributed by atoms with E-state index in [0.717, 1.165) is 40.8 Å². The van der Waals surface area contributed by atoms with Crippen molar-refractivity contribution in [2.24, 2.45) is 0 Å². The van der Waals surface area contributed by atoms with Gasteiger partial charge in [0.1, 0.15) is 0 Å². The lowest BCUT2D eigenvalue weighted by Gasteiger charge is -2.12. The average Bonchev–Trinajstić information content (AvgIpc) is 2.44. The fourth-order valence-electron chi connectivity index (χ4n) is 2.57. The van der Waals surface area contributed by atoms with Gasteiger partial charge in [0.15, 0.2) is 5.69 Å². The smallest absolute Gasteiger partial charge is 0.215 e. The molecule has 0 spiro atoms. The molecule has 1 aromatic heterocycles. The van der Waals surface area contributed by atoms with E-state index in [-0.39, 0.29) is 5.75 Å². The van der Waals surface area contributed by atoms with Crippen LogP contribution in [-0.2, 0) is 11.2 Å². The van der Waals surface area contributed by atoms with Crippen LogP contribution in [0.5, 0.6) is 0 Å². The Hall–Kier alpha value is -1.55. The number of H-pyrrole nitrogens is 1. The van der Waals surface area contributed by atoms with Gasteiger partial charge in [0.05, 0.1) is 11.4 Å². The maximum absolute atomic E-state index is 10.8. The minimum absolute atomic E-state index is 0.00831. The lowest BCUT2D eigenvalue weighted by molar-refractivity contribution is -0.356. The van der Waals surface area contributed by atoms with Crippen LogP contribution in [0, 0.1) is 13.8 Å².